The molecule has 4 nitrogen and oxygen atoms in total. The summed E-state index contributed by atoms with van der Waals surface area (Å²) in [5.74, 6) is 0.931. The van der Waals surface area contributed by atoms with Gasteiger partial charge >= 0.3 is 0 Å². The Morgan fingerprint density at radius 2 is 2.62 bits per heavy atom. The number of hydrogen-bond donors (Lipinski definition) is 1. The van der Waals surface area contributed by atoms with Crippen molar-refractivity contribution in [1.29, 1.82) is 0 Å². The van der Waals surface area contributed by atoms with Crippen molar-refractivity contribution in [3.63, 3.8) is 0 Å². The molecular weight excluding hydrogens is 166 g/mol. The first-order valence-corrected chi connectivity index (χ1v) is 4.74. The molecule has 0 spiro atoms. The molecule has 1 aliphatic heterocycles. The molecule has 1 aromatic heterocycles. The van der Waals surface area contributed by atoms with E-state index in [0.29, 0.717) is 6.04 Å². The number of rotatable bonds is 3. The van der Waals surface area contributed by atoms with Crippen LogP contribution < -0.4 is 5.73 Å². The molecular formula is C9H15N3O. The molecule has 0 saturated carbocycles. The number of likely N-dealkylation sites (tertiary alicyclic amines) is 1. The Labute approximate surface area is 77.7 Å². The van der Waals surface area contributed by atoms with E-state index in [1.807, 2.05) is 6.07 Å². The molecule has 1 fully saturated rings. The first-order valence-electron chi connectivity index (χ1n) is 4.74. The van der Waals surface area contributed by atoms with E-state index in [1.165, 1.54) is 12.8 Å². The molecule has 2 heterocycles. The third-order valence-electron chi connectivity index (χ3n) is 2.62. The van der Waals surface area contributed by atoms with Crippen molar-refractivity contribution in [3.05, 3.63) is 18.0 Å². The summed E-state index contributed by atoms with van der Waals surface area (Å²) in [6.07, 6.45) is 4.14. The van der Waals surface area contributed by atoms with Crippen LogP contribution in [-0.4, -0.2) is 29.2 Å². The number of nitrogens with two attached hydrogens (primary N) is 1. The molecule has 2 N–H and O–H groups in total. The Hall–Kier alpha value is -0.870. The van der Waals surface area contributed by atoms with Gasteiger partial charge < -0.3 is 10.3 Å². The molecule has 1 aromatic rings. The summed E-state index contributed by atoms with van der Waals surface area (Å²) in [7, 11) is 0. The number of nitrogens with zero attached hydrogens (tertiary/aromatic N) is 2. The lowest BCUT2D eigenvalue weighted by Gasteiger charge is -2.21. The highest BCUT2D eigenvalue weighted by Gasteiger charge is 2.23. The zero-order chi connectivity index (χ0) is 9.10. The Kier molecular flexibility index (Phi) is 2.61. The van der Waals surface area contributed by atoms with Crippen LogP contribution in [0.25, 0.3) is 0 Å². The van der Waals surface area contributed by atoms with E-state index in [4.69, 9.17) is 10.3 Å². The minimum Gasteiger partial charge on any atom is -0.360 e. The van der Waals surface area contributed by atoms with E-state index in [0.717, 1.165) is 25.4 Å². The Balaban J connectivity index is 1.94. The first-order chi connectivity index (χ1) is 6.40. The quantitative estimate of drug-likeness (QED) is 0.741. The highest BCUT2D eigenvalue weighted by atomic mass is 16.5. The van der Waals surface area contributed by atoms with Crippen LogP contribution in [0.4, 0.5) is 0 Å². The standard InChI is InChI=1S/C9H15N3O/c10-6-8-2-1-5-12(8)7-9-3-4-11-13-9/h3-4,8H,1-2,5-7,10H2. The first kappa shape index (κ1) is 8.72. The lowest BCUT2D eigenvalue weighted by atomic mass is 10.2. The van der Waals surface area contributed by atoms with Crippen LogP contribution in [0.15, 0.2) is 16.8 Å². The highest BCUT2D eigenvalue weighted by Crippen LogP contribution is 2.18. The summed E-state index contributed by atoms with van der Waals surface area (Å²) in [6, 6.07) is 2.44. The fourth-order valence-corrected chi connectivity index (χ4v) is 1.89. The van der Waals surface area contributed by atoms with Crippen molar-refractivity contribution in [2.45, 2.75) is 25.4 Å². The zero-order valence-corrected chi connectivity index (χ0v) is 7.65. The average molecular weight is 181 g/mol. The van der Waals surface area contributed by atoms with Crippen LogP contribution in [0, 0.1) is 0 Å². The fraction of sp³-hybridized carbons (Fsp3) is 0.667. The summed E-state index contributed by atoms with van der Waals surface area (Å²) in [4.78, 5) is 2.36. The van der Waals surface area contributed by atoms with Crippen molar-refractivity contribution in [2.75, 3.05) is 13.1 Å². The smallest absolute Gasteiger partial charge is 0.150 e. The molecule has 0 amide bonds. The average Bonchev–Trinajstić information content (AvgIpc) is 2.76. The van der Waals surface area contributed by atoms with Gasteiger partial charge in [0.15, 0.2) is 5.76 Å². The molecule has 0 aliphatic carbocycles. The van der Waals surface area contributed by atoms with E-state index in [1.54, 1.807) is 6.20 Å². The zero-order valence-electron chi connectivity index (χ0n) is 7.65. The predicted molar refractivity (Wildman–Crippen MR) is 49.0 cm³/mol. The third kappa shape index (κ3) is 1.89. The maximum Gasteiger partial charge on any atom is 0.150 e. The second-order valence-corrected chi connectivity index (χ2v) is 3.48. The lowest BCUT2D eigenvalue weighted by Crippen LogP contribution is -2.34. The second kappa shape index (κ2) is 3.89. The van der Waals surface area contributed by atoms with Crippen LogP contribution in [0.1, 0.15) is 18.6 Å². The molecule has 72 valence electrons. The molecule has 13 heavy (non-hydrogen) atoms. The summed E-state index contributed by atoms with van der Waals surface area (Å²) < 4.78 is 5.06. The van der Waals surface area contributed by atoms with E-state index in [9.17, 15) is 0 Å². The number of hydrogen-bond acceptors (Lipinski definition) is 4. The summed E-state index contributed by atoms with van der Waals surface area (Å²) in [5, 5.41) is 3.68. The largest absolute Gasteiger partial charge is 0.360 e. The Morgan fingerprint density at radius 1 is 1.69 bits per heavy atom. The monoisotopic (exact) mass is 181 g/mol. The van der Waals surface area contributed by atoms with Crippen molar-refractivity contribution < 1.29 is 4.52 Å². The molecule has 4 heteroatoms. The van der Waals surface area contributed by atoms with Crippen LogP contribution in [0.5, 0.6) is 0 Å². The van der Waals surface area contributed by atoms with Crippen molar-refractivity contribution in [3.8, 4) is 0 Å². The van der Waals surface area contributed by atoms with Gasteiger partial charge in [0.05, 0.1) is 12.7 Å². The molecule has 0 radical (unpaired) electrons. The molecule has 0 aromatic carbocycles. The summed E-state index contributed by atoms with van der Waals surface area (Å²) in [5.41, 5.74) is 5.67. The van der Waals surface area contributed by atoms with Gasteiger partial charge in [-0.05, 0) is 19.4 Å². The molecule has 1 aliphatic rings. The van der Waals surface area contributed by atoms with Crippen LogP contribution in [-0.2, 0) is 6.54 Å². The van der Waals surface area contributed by atoms with Gasteiger partial charge in [0.25, 0.3) is 0 Å². The summed E-state index contributed by atoms with van der Waals surface area (Å²) in [6.45, 7) is 2.72. The van der Waals surface area contributed by atoms with Crippen molar-refractivity contribution >= 4 is 0 Å². The SMILES string of the molecule is NCC1CCCN1Cc1ccno1. The highest BCUT2D eigenvalue weighted by molar-refractivity contribution is 4.94. The van der Waals surface area contributed by atoms with Gasteiger partial charge in [-0.25, -0.2) is 0 Å². The van der Waals surface area contributed by atoms with Gasteiger partial charge in [0.2, 0.25) is 0 Å². The Bertz CT molecular complexity index is 247. The van der Waals surface area contributed by atoms with E-state index in [-0.39, 0.29) is 0 Å². The summed E-state index contributed by atoms with van der Waals surface area (Å²) >= 11 is 0. The second-order valence-electron chi connectivity index (χ2n) is 3.48. The van der Waals surface area contributed by atoms with Gasteiger partial charge in [-0.2, -0.15) is 0 Å². The van der Waals surface area contributed by atoms with Gasteiger partial charge in [0.1, 0.15) is 0 Å². The van der Waals surface area contributed by atoms with Gasteiger partial charge in [-0.15, -0.1) is 0 Å². The van der Waals surface area contributed by atoms with Gasteiger partial charge in [-0.3, -0.25) is 4.90 Å². The maximum atomic E-state index is 5.67. The predicted octanol–water partition coefficient (Wildman–Crippen LogP) is 0.598. The normalized spacial score (nSPS) is 23.9. The molecule has 1 atom stereocenters. The molecule has 1 unspecified atom stereocenters. The van der Waals surface area contributed by atoms with E-state index in [2.05, 4.69) is 10.1 Å². The fourth-order valence-electron chi connectivity index (χ4n) is 1.89. The van der Waals surface area contributed by atoms with Crippen LogP contribution >= 0.6 is 0 Å². The minimum absolute atomic E-state index is 0.532. The van der Waals surface area contributed by atoms with Crippen LogP contribution in [0.2, 0.25) is 0 Å². The Morgan fingerprint density at radius 3 is 3.31 bits per heavy atom. The molecule has 1 saturated heterocycles. The molecule has 0 bridgehead atoms. The van der Waals surface area contributed by atoms with Crippen molar-refractivity contribution in [2.24, 2.45) is 5.73 Å². The number of aromatic nitrogens is 1. The maximum absolute atomic E-state index is 5.67. The van der Waals surface area contributed by atoms with E-state index < -0.39 is 0 Å². The molecule has 2 rings (SSSR count). The lowest BCUT2D eigenvalue weighted by molar-refractivity contribution is 0.219. The topological polar surface area (TPSA) is 55.3 Å². The van der Waals surface area contributed by atoms with E-state index >= 15 is 0 Å². The van der Waals surface area contributed by atoms with Crippen molar-refractivity contribution in [1.82, 2.24) is 10.1 Å². The van der Waals surface area contributed by atoms with Gasteiger partial charge in [-0.1, -0.05) is 5.16 Å². The minimum atomic E-state index is 0.532. The van der Waals surface area contributed by atoms with Crippen LogP contribution in [0.3, 0.4) is 0 Å². The van der Waals surface area contributed by atoms with Gasteiger partial charge in [0, 0.05) is 18.7 Å². The third-order valence-corrected chi connectivity index (χ3v) is 2.62.